The van der Waals surface area contributed by atoms with Gasteiger partial charge in [-0.2, -0.15) is 0 Å². The summed E-state index contributed by atoms with van der Waals surface area (Å²) < 4.78 is 12.9. The van der Waals surface area contributed by atoms with E-state index in [1.54, 1.807) is 0 Å². The fourth-order valence-corrected chi connectivity index (χ4v) is 1.45. The van der Waals surface area contributed by atoms with E-state index >= 15 is 0 Å². The predicted molar refractivity (Wildman–Crippen MR) is 61.7 cm³/mol. The Bertz CT molecular complexity index is 519. The summed E-state index contributed by atoms with van der Waals surface area (Å²) in [7, 11) is 0. The zero-order chi connectivity index (χ0) is 11.5. The first-order valence-corrected chi connectivity index (χ1v) is 5.11. The Labute approximate surface area is 101 Å². The van der Waals surface area contributed by atoms with Crippen LogP contribution in [-0.2, 0) is 0 Å². The largest absolute Gasteiger partial charge is 0.338 e. The van der Waals surface area contributed by atoms with Crippen LogP contribution in [0.4, 0.5) is 15.9 Å². The summed E-state index contributed by atoms with van der Waals surface area (Å²) in [6.07, 6.45) is 2.98. The van der Waals surface area contributed by atoms with E-state index in [-0.39, 0.29) is 10.2 Å². The minimum Gasteiger partial charge on any atom is -0.338 e. The van der Waals surface area contributed by atoms with Gasteiger partial charge in [0.2, 0.25) is 0 Å². The van der Waals surface area contributed by atoms with Gasteiger partial charge in [0, 0.05) is 18.1 Å². The lowest BCUT2D eigenvalue weighted by Crippen LogP contribution is -1.95. The first-order chi connectivity index (χ1) is 7.66. The molecule has 0 fully saturated rings. The van der Waals surface area contributed by atoms with E-state index in [1.807, 2.05) is 0 Å². The van der Waals surface area contributed by atoms with Crippen LogP contribution in [0.1, 0.15) is 0 Å². The van der Waals surface area contributed by atoms with Crippen molar-refractivity contribution in [2.24, 2.45) is 0 Å². The van der Waals surface area contributed by atoms with Crippen molar-refractivity contribution < 1.29 is 4.39 Å². The fourth-order valence-electron chi connectivity index (χ4n) is 1.12. The fraction of sp³-hybridized carbons (Fsp3) is 0. The molecule has 16 heavy (non-hydrogen) atoms. The Hall–Kier alpha value is -1.39. The highest BCUT2D eigenvalue weighted by Gasteiger charge is 2.04. The molecule has 2 aromatic rings. The second-order valence-electron chi connectivity index (χ2n) is 2.95. The molecule has 1 heterocycles. The lowest BCUT2D eigenvalue weighted by atomic mass is 10.3. The van der Waals surface area contributed by atoms with E-state index in [4.69, 9.17) is 23.2 Å². The molecule has 3 nitrogen and oxygen atoms in total. The maximum Gasteiger partial charge on any atom is 0.171 e. The van der Waals surface area contributed by atoms with Gasteiger partial charge in [0.15, 0.2) is 11.0 Å². The molecule has 0 atom stereocenters. The van der Waals surface area contributed by atoms with E-state index in [9.17, 15) is 4.39 Å². The summed E-state index contributed by atoms with van der Waals surface area (Å²) in [6, 6.07) is 4.24. The van der Waals surface area contributed by atoms with Crippen LogP contribution in [0.3, 0.4) is 0 Å². The third-order valence-corrected chi connectivity index (χ3v) is 2.40. The zero-order valence-corrected chi connectivity index (χ0v) is 9.43. The van der Waals surface area contributed by atoms with Crippen LogP contribution in [0.25, 0.3) is 0 Å². The number of benzene rings is 1. The van der Waals surface area contributed by atoms with Crippen molar-refractivity contribution in [2.75, 3.05) is 5.32 Å². The van der Waals surface area contributed by atoms with Crippen molar-refractivity contribution in [3.63, 3.8) is 0 Å². The number of rotatable bonds is 2. The normalized spacial score (nSPS) is 10.2. The third kappa shape index (κ3) is 2.40. The Kier molecular flexibility index (Phi) is 3.22. The first-order valence-electron chi connectivity index (χ1n) is 4.35. The number of anilines is 2. The predicted octanol–water partition coefficient (Wildman–Crippen LogP) is 3.67. The molecule has 1 N–H and O–H groups in total. The minimum absolute atomic E-state index is 0.0324. The smallest absolute Gasteiger partial charge is 0.171 e. The first kappa shape index (κ1) is 11.1. The number of hydrogen-bond acceptors (Lipinski definition) is 3. The number of aromatic nitrogens is 2. The van der Waals surface area contributed by atoms with Crippen molar-refractivity contribution in [3.05, 3.63) is 46.6 Å². The highest BCUT2D eigenvalue weighted by atomic mass is 35.5. The van der Waals surface area contributed by atoms with Gasteiger partial charge in [-0.15, -0.1) is 0 Å². The topological polar surface area (TPSA) is 37.8 Å². The molecule has 0 unspecified atom stereocenters. The van der Waals surface area contributed by atoms with Crippen molar-refractivity contribution in [1.82, 2.24) is 9.97 Å². The molecule has 0 aliphatic heterocycles. The maximum absolute atomic E-state index is 12.9. The van der Waals surface area contributed by atoms with Crippen LogP contribution in [0.15, 0.2) is 30.6 Å². The highest BCUT2D eigenvalue weighted by Crippen LogP contribution is 2.24. The van der Waals surface area contributed by atoms with Gasteiger partial charge in [-0.3, -0.25) is 0 Å². The summed E-state index contributed by atoms with van der Waals surface area (Å²) in [5.74, 6) is -0.0794. The van der Waals surface area contributed by atoms with Crippen LogP contribution in [0.5, 0.6) is 0 Å². The zero-order valence-electron chi connectivity index (χ0n) is 7.92. The van der Waals surface area contributed by atoms with Crippen molar-refractivity contribution in [1.29, 1.82) is 0 Å². The van der Waals surface area contributed by atoms with E-state index in [1.165, 1.54) is 30.6 Å². The SMILES string of the molecule is Fc1ccc(Nc2nccnc2Cl)cc1Cl. The summed E-state index contributed by atoms with van der Waals surface area (Å²) in [4.78, 5) is 7.83. The van der Waals surface area contributed by atoms with E-state index in [0.29, 0.717) is 11.5 Å². The molecule has 0 amide bonds. The number of nitrogens with one attached hydrogen (secondary N) is 1. The third-order valence-electron chi connectivity index (χ3n) is 1.84. The van der Waals surface area contributed by atoms with E-state index < -0.39 is 5.82 Å². The summed E-state index contributed by atoms with van der Waals surface area (Å²) in [5.41, 5.74) is 0.591. The average Bonchev–Trinajstić information content (AvgIpc) is 2.27. The van der Waals surface area contributed by atoms with Crippen LogP contribution >= 0.6 is 23.2 Å². The van der Waals surface area contributed by atoms with Gasteiger partial charge in [-0.25, -0.2) is 14.4 Å². The summed E-state index contributed by atoms with van der Waals surface area (Å²) in [6.45, 7) is 0. The van der Waals surface area contributed by atoms with Gasteiger partial charge in [0.05, 0.1) is 5.02 Å². The Morgan fingerprint density at radius 3 is 2.56 bits per heavy atom. The van der Waals surface area contributed by atoms with Crippen molar-refractivity contribution >= 4 is 34.7 Å². The molecule has 6 heteroatoms. The lowest BCUT2D eigenvalue weighted by Gasteiger charge is -2.06. The molecule has 0 radical (unpaired) electrons. The van der Waals surface area contributed by atoms with Gasteiger partial charge in [0.1, 0.15) is 5.82 Å². The minimum atomic E-state index is -0.475. The Morgan fingerprint density at radius 1 is 1.12 bits per heavy atom. The quantitative estimate of drug-likeness (QED) is 0.893. The van der Waals surface area contributed by atoms with Crippen LogP contribution in [-0.4, -0.2) is 9.97 Å². The molecular weight excluding hydrogens is 252 g/mol. The second-order valence-corrected chi connectivity index (χ2v) is 3.71. The van der Waals surface area contributed by atoms with Crippen molar-refractivity contribution in [3.8, 4) is 0 Å². The molecule has 82 valence electrons. The van der Waals surface area contributed by atoms with E-state index in [2.05, 4.69) is 15.3 Å². The molecule has 1 aromatic carbocycles. The molecule has 0 aliphatic carbocycles. The summed E-state index contributed by atoms with van der Waals surface area (Å²) in [5, 5.41) is 3.15. The van der Waals surface area contributed by atoms with Gasteiger partial charge in [0.25, 0.3) is 0 Å². The van der Waals surface area contributed by atoms with Crippen LogP contribution in [0, 0.1) is 5.82 Å². The molecule has 0 bridgehead atoms. The molecule has 0 spiro atoms. The number of hydrogen-bond donors (Lipinski definition) is 1. The average molecular weight is 258 g/mol. The molecule has 1 aromatic heterocycles. The second kappa shape index (κ2) is 4.63. The lowest BCUT2D eigenvalue weighted by molar-refractivity contribution is 0.628. The highest BCUT2D eigenvalue weighted by molar-refractivity contribution is 6.32. The standard InChI is InChI=1S/C10H6Cl2FN3/c11-7-5-6(1-2-8(7)13)16-10-9(12)14-3-4-15-10/h1-5H,(H,15,16). The Balaban J connectivity index is 2.28. The molecule has 0 aliphatic rings. The summed E-state index contributed by atoms with van der Waals surface area (Å²) >= 11 is 11.4. The van der Waals surface area contributed by atoms with Gasteiger partial charge < -0.3 is 5.32 Å². The van der Waals surface area contributed by atoms with Gasteiger partial charge in [-0.1, -0.05) is 23.2 Å². The monoisotopic (exact) mass is 257 g/mol. The van der Waals surface area contributed by atoms with Gasteiger partial charge >= 0.3 is 0 Å². The maximum atomic E-state index is 12.9. The molecular formula is C10H6Cl2FN3. The molecule has 2 rings (SSSR count). The van der Waals surface area contributed by atoms with E-state index in [0.717, 1.165) is 0 Å². The molecule has 0 saturated carbocycles. The van der Waals surface area contributed by atoms with Gasteiger partial charge in [-0.05, 0) is 18.2 Å². The Morgan fingerprint density at radius 2 is 1.88 bits per heavy atom. The molecule has 0 saturated heterocycles. The number of halogens is 3. The number of nitrogens with zero attached hydrogens (tertiary/aromatic N) is 2. The van der Waals surface area contributed by atoms with Crippen LogP contribution < -0.4 is 5.32 Å². The van der Waals surface area contributed by atoms with Crippen molar-refractivity contribution in [2.45, 2.75) is 0 Å². The van der Waals surface area contributed by atoms with Crippen LogP contribution in [0.2, 0.25) is 10.2 Å².